The first-order valence-corrected chi connectivity index (χ1v) is 8.91. The molecule has 0 N–H and O–H groups in total. The molecule has 0 aliphatic carbocycles. The molecular weight excluding hydrogens is 296 g/mol. The van der Waals surface area contributed by atoms with Crippen LogP contribution in [0.15, 0.2) is 10.3 Å². The fourth-order valence-corrected chi connectivity index (χ4v) is 2.59. The van der Waals surface area contributed by atoms with Crippen molar-refractivity contribution in [3.8, 4) is 0 Å². The Morgan fingerprint density at radius 2 is 1.26 bits per heavy atom. The van der Waals surface area contributed by atoms with Crippen molar-refractivity contribution in [1.29, 1.82) is 0 Å². The maximum Gasteiger partial charge on any atom is 0.117 e. The van der Waals surface area contributed by atoms with Crippen LogP contribution in [0.4, 0.5) is 0 Å². The zero-order valence-corrected chi connectivity index (χ0v) is 14.8. The van der Waals surface area contributed by atoms with E-state index in [-0.39, 0.29) is 12.1 Å². The molecule has 2 aliphatic rings. The van der Waals surface area contributed by atoms with Gasteiger partial charge in [0.05, 0.1) is 11.4 Å². The Hall–Kier alpha value is -1.18. The number of hydrogen-bond acceptors (Lipinski definition) is 7. The van der Waals surface area contributed by atoms with Crippen molar-refractivity contribution in [2.45, 2.75) is 91.1 Å². The minimum absolute atomic E-state index is 0.0215. The van der Waals surface area contributed by atoms with Gasteiger partial charge in [-0.15, -0.1) is 4.94 Å². The second-order valence-electron chi connectivity index (χ2n) is 6.25. The molecule has 2 heterocycles. The van der Waals surface area contributed by atoms with Crippen LogP contribution < -0.4 is 0 Å². The van der Waals surface area contributed by atoms with Crippen molar-refractivity contribution >= 4 is 11.4 Å². The molecule has 132 valence electrons. The molecule has 0 aromatic carbocycles. The van der Waals surface area contributed by atoms with Crippen molar-refractivity contribution in [2.75, 3.05) is 0 Å². The smallest absolute Gasteiger partial charge is 0.117 e. The molecule has 0 aromatic heterocycles. The minimum Gasteiger partial charge on any atom is -0.269 e. The van der Waals surface area contributed by atoms with Crippen molar-refractivity contribution in [1.82, 2.24) is 10.5 Å². The summed E-state index contributed by atoms with van der Waals surface area (Å²) in [7, 11) is 0. The summed E-state index contributed by atoms with van der Waals surface area (Å²) < 4.78 is 0. The largest absolute Gasteiger partial charge is 0.269 e. The van der Waals surface area contributed by atoms with E-state index < -0.39 is 0 Å². The topological polar surface area (TPSA) is 58.9 Å². The van der Waals surface area contributed by atoms with Gasteiger partial charge in [-0.25, -0.2) is 0 Å². The number of hydrogen-bond donors (Lipinski definition) is 0. The SMILES string of the molecule is CCCCCC1=NON(ON2ON=C(CCCCC)C2C)C1C. The normalized spacial score (nSPS) is 25.2. The molecular formula is C16H30N4O3. The molecule has 0 amide bonds. The van der Waals surface area contributed by atoms with Crippen LogP contribution in [0.3, 0.4) is 0 Å². The van der Waals surface area contributed by atoms with E-state index in [4.69, 9.17) is 14.8 Å². The lowest BCUT2D eigenvalue weighted by Gasteiger charge is -2.23. The highest BCUT2D eigenvalue weighted by Gasteiger charge is 2.36. The Morgan fingerprint density at radius 1 is 0.826 bits per heavy atom. The molecule has 23 heavy (non-hydrogen) atoms. The maximum atomic E-state index is 5.66. The van der Waals surface area contributed by atoms with Crippen LogP contribution in [0.2, 0.25) is 0 Å². The Kier molecular flexibility index (Phi) is 7.26. The highest BCUT2D eigenvalue weighted by molar-refractivity contribution is 5.89. The molecule has 0 fully saturated rings. The third-order valence-corrected chi connectivity index (χ3v) is 4.31. The van der Waals surface area contributed by atoms with Gasteiger partial charge in [0.15, 0.2) is 0 Å². The Bertz CT molecular complexity index is 390. The lowest BCUT2D eigenvalue weighted by Crippen LogP contribution is -2.42. The van der Waals surface area contributed by atoms with Gasteiger partial charge in [-0.2, -0.15) is 0 Å². The van der Waals surface area contributed by atoms with Crippen molar-refractivity contribution < 1.29 is 14.8 Å². The molecule has 2 unspecified atom stereocenters. The second-order valence-corrected chi connectivity index (χ2v) is 6.25. The van der Waals surface area contributed by atoms with E-state index in [0.29, 0.717) is 0 Å². The van der Waals surface area contributed by atoms with Gasteiger partial charge in [-0.05, 0) is 39.5 Å². The Morgan fingerprint density at radius 3 is 1.65 bits per heavy atom. The molecule has 0 bridgehead atoms. The van der Waals surface area contributed by atoms with Crippen LogP contribution in [0.1, 0.15) is 79.1 Å². The highest BCUT2D eigenvalue weighted by Crippen LogP contribution is 2.22. The van der Waals surface area contributed by atoms with Crippen LogP contribution in [0.25, 0.3) is 0 Å². The number of nitrogens with zero attached hydrogens (tertiary/aromatic N) is 4. The summed E-state index contributed by atoms with van der Waals surface area (Å²) in [6, 6.07) is -0.0430. The van der Waals surface area contributed by atoms with Crippen LogP contribution in [0, 0.1) is 0 Å². The van der Waals surface area contributed by atoms with Gasteiger partial charge in [0.1, 0.15) is 12.1 Å². The van der Waals surface area contributed by atoms with Crippen LogP contribution >= 0.6 is 0 Å². The van der Waals surface area contributed by atoms with Gasteiger partial charge in [0, 0.05) is 10.5 Å². The molecule has 0 saturated carbocycles. The molecule has 7 heteroatoms. The quantitative estimate of drug-likeness (QED) is 0.568. The Balaban J connectivity index is 1.74. The third kappa shape index (κ3) is 4.89. The molecule has 0 aromatic rings. The van der Waals surface area contributed by atoms with E-state index in [1.165, 1.54) is 36.1 Å². The fraction of sp³-hybridized carbons (Fsp3) is 0.875. The van der Waals surface area contributed by atoms with Crippen LogP contribution in [-0.2, 0) is 14.8 Å². The minimum atomic E-state index is -0.0215. The number of hydroxylamine groups is 4. The summed E-state index contributed by atoms with van der Waals surface area (Å²) in [5.74, 6) is 0. The van der Waals surface area contributed by atoms with Gasteiger partial charge in [-0.1, -0.05) is 49.8 Å². The average Bonchev–Trinajstić information content (AvgIpc) is 3.06. The number of unbranched alkanes of at least 4 members (excludes halogenated alkanes) is 4. The third-order valence-electron chi connectivity index (χ3n) is 4.31. The van der Waals surface area contributed by atoms with Crippen molar-refractivity contribution in [3.63, 3.8) is 0 Å². The lowest BCUT2D eigenvalue weighted by atomic mass is 10.1. The van der Waals surface area contributed by atoms with Gasteiger partial charge in [0.2, 0.25) is 0 Å². The van der Waals surface area contributed by atoms with E-state index in [9.17, 15) is 0 Å². The predicted octanol–water partition coefficient (Wildman–Crippen LogP) is 3.98. The number of rotatable bonds is 10. The standard InChI is InChI=1S/C16H30N4O3/c1-5-7-9-11-15-13(3)19(21-17-15)23-20-14(4)16(18-22-20)12-10-8-6-2/h13-14H,5-12H2,1-4H3. The molecule has 2 atom stereocenters. The average molecular weight is 326 g/mol. The van der Waals surface area contributed by atoms with Gasteiger partial charge >= 0.3 is 0 Å². The molecule has 2 aliphatic heterocycles. The van der Waals surface area contributed by atoms with E-state index in [1.807, 2.05) is 13.8 Å². The molecule has 0 radical (unpaired) electrons. The molecule has 0 saturated heterocycles. The molecule has 2 rings (SSSR count). The first-order chi connectivity index (χ1) is 11.2. The maximum absolute atomic E-state index is 5.66. The first kappa shape index (κ1) is 18.2. The van der Waals surface area contributed by atoms with E-state index in [0.717, 1.165) is 37.1 Å². The van der Waals surface area contributed by atoms with Crippen LogP contribution in [0.5, 0.6) is 0 Å². The van der Waals surface area contributed by atoms with Gasteiger partial charge < -0.3 is 0 Å². The monoisotopic (exact) mass is 326 g/mol. The summed E-state index contributed by atoms with van der Waals surface area (Å²) in [5, 5.41) is 11.0. The Labute approximate surface area is 139 Å². The summed E-state index contributed by atoms with van der Waals surface area (Å²) in [6.45, 7) is 8.41. The fourth-order valence-electron chi connectivity index (χ4n) is 2.59. The highest BCUT2D eigenvalue weighted by atomic mass is 17.2. The van der Waals surface area contributed by atoms with Crippen molar-refractivity contribution in [2.24, 2.45) is 10.3 Å². The number of oxime groups is 2. The first-order valence-electron chi connectivity index (χ1n) is 8.91. The van der Waals surface area contributed by atoms with E-state index >= 15 is 0 Å². The molecule has 7 nitrogen and oxygen atoms in total. The van der Waals surface area contributed by atoms with Crippen LogP contribution in [-0.4, -0.2) is 34.0 Å². The summed E-state index contributed by atoms with van der Waals surface area (Å²) in [6.07, 6.45) is 8.91. The summed E-state index contributed by atoms with van der Waals surface area (Å²) in [4.78, 5) is 16.2. The van der Waals surface area contributed by atoms with Crippen molar-refractivity contribution in [3.05, 3.63) is 0 Å². The predicted molar refractivity (Wildman–Crippen MR) is 89.0 cm³/mol. The zero-order valence-electron chi connectivity index (χ0n) is 14.8. The van der Waals surface area contributed by atoms with Gasteiger partial charge in [0.25, 0.3) is 0 Å². The van der Waals surface area contributed by atoms with E-state index in [1.54, 1.807) is 0 Å². The zero-order chi connectivity index (χ0) is 16.7. The summed E-state index contributed by atoms with van der Waals surface area (Å²) in [5.41, 5.74) is 2.02. The van der Waals surface area contributed by atoms with E-state index in [2.05, 4.69) is 24.2 Å². The molecule has 0 spiro atoms. The van der Waals surface area contributed by atoms with Gasteiger partial charge in [-0.3, -0.25) is 9.88 Å². The summed E-state index contributed by atoms with van der Waals surface area (Å²) >= 11 is 0. The second kappa shape index (κ2) is 9.20. The lowest BCUT2D eigenvalue weighted by molar-refractivity contribution is -0.528.